The first-order valence-corrected chi connectivity index (χ1v) is 8.91. The maximum atomic E-state index is 12.0. The third kappa shape index (κ3) is 14.1. The number of carbonyl (C=O) groups excluding carboxylic acids is 1. The lowest BCUT2D eigenvalue weighted by atomic mass is 10.1. The third-order valence-electron chi connectivity index (χ3n) is 4.03. The lowest BCUT2D eigenvalue weighted by molar-refractivity contribution is -0.869. The highest BCUT2D eigenvalue weighted by atomic mass is 16.2. The summed E-state index contributed by atoms with van der Waals surface area (Å²) in [5, 5.41) is 0. The predicted molar refractivity (Wildman–Crippen MR) is 92.4 cm³/mol. The van der Waals surface area contributed by atoms with Gasteiger partial charge >= 0.3 is 0 Å². The largest absolute Gasteiger partial charge is 0.340 e. The monoisotopic (exact) mass is 299 g/mol. The summed E-state index contributed by atoms with van der Waals surface area (Å²) in [5.74, 6) is 0.311. The van der Waals surface area contributed by atoms with E-state index < -0.39 is 0 Å². The Morgan fingerprint density at radius 2 is 1.33 bits per heavy atom. The summed E-state index contributed by atoms with van der Waals surface area (Å²) in [6.45, 7) is 4.13. The molecular formula is C18H39N2O+. The van der Waals surface area contributed by atoms with E-state index >= 15 is 0 Å². The number of hydrogen-bond acceptors (Lipinski definition) is 1. The summed E-state index contributed by atoms with van der Waals surface area (Å²) in [6, 6.07) is 0. The number of rotatable bonds is 13. The Balaban J connectivity index is 3.44. The van der Waals surface area contributed by atoms with Gasteiger partial charge in [0.2, 0.25) is 5.91 Å². The van der Waals surface area contributed by atoms with Crippen LogP contribution >= 0.6 is 0 Å². The van der Waals surface area contributed by atoms with E-state index in [0.29, 0.717) is 5.91 Å². The highest BCUT2D eigenvalue weighted by Gasteiger charge is 2.12. The van der Waals surface area contributed by atoms with Crippen molar-refractivity contribution in [3.63, 3.8) is 0 Å². The van der Waals surface area contributed by atoms with Crippen molar-refractivity contribution in [2.75, 3.05) is 41.3 Å². The van der Waals surface area contributed by atoms with Crippen LogP contribution in [-0.4, -0.2) is 56.6 Å². The second-order valence-electron chi connectivity index (χ2n) is 7.41. The molecule has 0 fully saturated rings. The van der Waals surface area contributed by atoms with Crippen molar-refractivity contribution in [3.8, 4) is 0 Å². The lowest BCUT2D eigenvalue weighted by Crippen LogP contribution is -2.42. The van der Waals surface area contributed by atoms with Crippen LogP contribution in [0.5, 0.6) is 0 Å². The smallest absolute Gasteiger partial charge is 0.222 e. The van der Waals surface area contributed by atoms with Crippen molar-refractivity contribution in [2.45, 2.75) is 71.1 Å². The highest BCUT2D eigenvalue weighted by Crippen LogP contribution is 2.11. The first kappa shape index (κ1) is 20.4. The molecule has 0 aliphatic carbocycles. The van der Waals surface area contributed by atoms with Crippen molar-refractivity contribution in [1.82, 2.24) is 4.90 Å². The molecule has 3 nitrogen and oxygen atoms in total. The Morgan fingerprint density at radius 1 is 0.857 bits per heavy atom. The molecule has 1 amide bonds. The number of quaternary nitrogens is 1. The zero-order valence-corrected chi connectivity index (χ0v) is 15.3. The van der Waals surface area contributed by atoms with Crippen LogP contribution in [0.4, 0.5) is 0 Å². The highest BCUT2D eigenvalue weighted by molar-refractivity contribution is 5.75. The minimum Gasteiger partial charge on any atom is -0.340 e. The number of unbranched alkanes of at least 4 members (excludes halogenated alkanes) is 8. The lowest BCUT2D eigenvalue weighted by Gasteiger charge is -2.27. The third-order valence-corrected chi connectivity index (χ3v) is 4.03. The van der Waals surface area contributed by atoms with E-state index in [1.165, 1.54) is 51.4 Å². The molecule has 0 radical (unpaired) electrons. The summed E-state index contributed by atoms with van der Waals surface area (Å²) in [6.07, 6.45) is 12.5. The van der Waals surface area contributed by atoms with Gasteiger partial charge in [-0.15, -0.1) is 0 Å². The topological polar surface area (TPSA) is 20.3 Å². The molecular weight excluding hydrogens is 260 g/mol. The molecule has 0 aromatic rings. The van der Waals surface area contributed by atoms with Gasteiger partial charge in [-0.25, -0.2) is 0 Å². The Bertz CT molecular complexity index is 258. The van der Waals surface area contributed by atoms with Gasteiger partial charge in [0.15, 0.2) is 0 Å². The summed E-state index contributed by atoms with van der Waals surface area (Å²) < 4.78 is 0.912. The van der Waals surface area contributed by atoms with Crippen molar-refractivity contribution in [3.05, 3.63) is 0 Å². The van der Waals surface area contributed by atoms with Crippen molar-refractivity contribution in [1.29, 1.82) is 0 Å². The quantitative estimate of drug-likeness (QED) is 0.371. The number of amides is 1. The van der Waals surface area contributed by atoms with Crippen LogP contribution in [-0.2, 0) is 4.79 Å². The second kappa shape index (κ2) is 12.0. The Morgan fingerprint density at radius 3 is 1.81 bits per heavy atom. The van der Waals surface area contributed by atoms with E-state index in [9.17, 15) is 4.79 Å². The van der Waals surface area contributed by atoms with Crippen molar-refractivity contribution >= 4 is 5.91 Å². The SMILES string of the molecule is CCCCCCCCCCCC(=O)N(C)CC[N+](C)(C)C. The van der Waals surface area contributed by atoms with Crippen LogP contribution in [0.2, 0.25) is 0 Å². The molecule has 0 rings (SSSR count). The second-order valence-corrected chi connectivity index (χ2v) is 7.41. The molecule has 0 aromatic heterocycles. The first-order chi connectivity index (χ1) is 9.87. The molecule has 0 heterocycles. The molecule has 0 unspecified atom stereocenters. The molecule has 126 valence electrons. The number of nitrogens with zero attached hydrogens (tertiary/aromatic N) is 2. The number of likely N-dealkylation sites (N-methyl/N-ethyl adjacent to an activating group) is 2. The zero-order chi connectivity index (χ0) is 16.1. The van der Waals surface area contributed by atoms with Crippen molar-refractivity contribution < 1.29 is 9.28 Å². The minimum atomic E-state index is 0.311. The fourth-order valence-corrected chi connectivity index (χ4v) is 2.35. The van der Waals surface area contributed by atoms with Crippen LogP contribution in [0.1, 0.15) is 71.1 Å². The number of carbonyl (C=O) groups is 1. The molecule has 0 aliphatic rings. The van der Waals surface area contributed by atoms with Crippen molar-refractivity contribution in [2.24, 2.45) is 0 Å². The Hall–Kier alpha value is -0.570. The summed E-state index contributed by atoms with van der Waals surface area (Å²) in [7, 11) is 8.43. The van der Waals surface area contributed by atoms with Crippen LogP contribution in [0.25, 0.3) is 0 Å². The zero-order valence-electron chi connectivity index (χ0n) is 15.3. The number of hydrogen-bond donors (Lipinski definition) is 0. The average molecular weight is 300 g/mol. The minimum absolute atomic E-state index is 0.311. The molecule has 0 spiro atoms. The van der Waals surface area contributed by atoms with Crippen LogP contribution in [0.3, 0.4) is 0 Å². The molecule has 0 saturated carbocycles. The molecule has 0 atom stereocenters. The average Bonchev–Trinajstić information content (AvgIpc) is 2.41. The fourth-order valence-electron chi connectivity index (χ4n) is 2.35. The Labute approximate surface area is 133 Å². The van der Waals surface area contributed by atoms with Gasteiger partial charge in [0.1, 0.15) is 0 Å². The van der Waals surface area contributed by atoms with Gasteiger partial charge in [0.05, 0.1) is 34.2 Å². The predicted octanol–water partition coefficient (Wildman–Crippen LogP) is 4.07. The first-order valence-electron chi connectivity index (χ1n) is 8.91. The van der Waals surface area contributed by atoms with E-state index in [1.807, 2.05) is 11.9 Å². The molecule has 21 heavy (non-hydrogen) atoms. The molecule has 0 saturated heterocycles. The van der Waals surface area contributed by atoms with Gasteiger partial charge in [-0.2, -0.15) is 0 Å². The standard InChI is InChI=1S/C18H39N2O/c1-6-7-8-9-10-11-12-13-14-15-18(21)19(2)16-17-20(3,4)5/h6-17H2,1-5H3/q+1. The van der Waals surface area contributed by atoms with Gasteiger partial charge < -0.3 is 9.38 Å². The van der Waals surface area contributed by atoms with E-state index in [4.69, 9.17) is 0 Å². The van der Waals surface area contributed by atoms with Gasteiger partial charge in [-0.1, -0.05) is 58.3 Å². The van der Waals surface area contributed by atoms with Gasteiger partial charge in [-0.05, 0) is 6.42 Å². The van der Waals surface area contributed by atoms with Gasteiger partial charge in [-0.3, -0.25) is 4.79 Å². The molecule has 0 bridgehead atoms. The van der Waals surface area contributed by atoms with E-state index in [2.05, 4.69) is 28.1 Å². The Kier molecular flexibility index (Phi) is 11.7. The maximum absolute atomic E-state index is 12.0. The summed E-state index contributed by atoms with van der Waals surface area (Å²) in [4.78, 5) is 13.9. The normalized spacial score (nSPS) is 11.7. The molecule has 0 N–H and O–H groups in total. The van der Waals surface area contributed by atoms with Gasteiger partial charge in [0, 0.05) is 13.5 Å². The maximum Gasteiger partial charge on any atom is 0.222 e. The van der Waals surface area contributed by atoms with Crippen LogP contribution < -0.4 is 0 Å². The molecule has 3 heteroatoms. The fraction of sp³-hybridized carbons (Fsp3) is 0.944. The summed E-state index contributed by atoms with van der Waals surface area (Å²) >= 11 is 0. The van der Waals surface area contributed by atoms with Crippen LogP contribution in [0, 0.1) is 0 Å². The molecule has 0 aliphatic heterocycles. The van der Waals surface area contributed by atoms with Crippen LogP contribution in [0.15, 0.2) is 0 Å². The van der Waals surface area contributed by atoms with E-state index in [1.54, 1.807) is 0 Å². The molecule has 0 aromatic carbocycles. The summed E-state index contributed by atoms with van der Waals surface area (Å²) in [5.41, 5.74) is 0. The van der Waals surface area contributed by atoms with E-state index in [0.717, 1.165) is 30.4 Å². The van der Waals surface area contributed by atoms with Gasteiger partial charge in [0.25, 0.3) is 0 Å². The van der Waals surface area contributed by atoms with E-state index in [-0.39, 0.29) is 0 Å².